The molecule has 2 aromatic carbocycles. The molecule has 18 heavy (non-hydrogen) atoms. The van der Waals surface area contributed by atoms with Crippen LogP contribution < -0.4 is 0 Å². The number of hydrogen-bond acceptors (Lipinski definition) is 1. The van der Waals surface area contributed by atoms with Crippen LogP contribution in [-0.2, 0) is 4.52 Å². The molecule has 1 atom stereocenters. The van der Waals surface area contributed by atoms with Gasteiger partial charge in [0.15, 0.2) is 0 Å². The Morgan fingerprint density at radius 2 is 1.22 bits per heavy atom. The van der Waals surface area contributed by atoms with E-state index < -0.39 is 0 Å². The lowest BCUT2D eigenvalue weighted by atomic mass is 9.79. The van der Waals surface area contributed by atoms with Crippen LogP contribution in [0.3, 0.4) is 0 Å². The Morgan fingerprint density at radius 1 is 0.833 bits per heavy atom. The third-order valence-electron chi connectivity index (χ3n) is 3.26. The van der Waals surface area contributed by atoms with E-state index in [1.165, 1.54) is 11.1 Å². The third-order valence-corrected chi connectivity index (χ3v) is 3.87. The summed E-state index contributed by atoms with van der Waals surface area (Å²) in [5.74, 6) is 0.220. The van der Waals surface area contributed by atoms with E-state index in [1.54, 1.807) is 0 Å². The molecule has 0 spiro atoms. The molecule has 2 heteroatoms. The van der Waals surface area contributed by atoms with Gasteiger partial charge in [0.25, 0.3) is 0 Å². The van der Waals surface area contributed by atoms with E-state index in [-0.39, 0.29) is 11.5 Å². The van der Waals surface area contributed by atoms with E-state index >= 15 is 0 Å². The van der Waals surface area contributed by atoms with E-state index in [0.717, 1.165) is 0 Å². The van der Waals surface area contributed by atoms with Gasteiger partial charge in [0.05, 0.1) is 5.60 Å². The minimum Gasteiger partial charge on any atom is -0.359 e. The quantitative estimate of drug-likeness (QED) is 0.738. The van der Waals surface area contributed by atoms with Crippen LogP contribution in [0.15, 0.2) is 60.7 Å². The van der Waals surface area contributed by atoms with Crippen LogP contribution in [0.5, 0.6) is 0 Å². The molecule has 0 fully saturated rings. The van der Waals surface area contributed by atoms with Crippen LogP contribution in [0.2, 0.25) is 0 Å². The maximum absolute atomic E-state index is 5.63. The Hall–Kier alpha value is -1.17. The summed E-state index contributed by atoms with van der Waals surface area (Å²) in [7, 11) is 2.39. The molecule has 0 aliphatic rings. The zero-order chi connectivity index (χ0) is 13.0. The standard InChI is InChI=1S/C16H19OP/c1-16(2,17-18)15(13-9-5-3-6-10-13)14-11-7-4-8-12-14/h3-12,15H,18H2,1-2H3. The Labute approximate surface area is 111 Å². The highest BCUT2D eigenvalue weighted by Gasteiger charge is 2.31. The summed E-state index contributed by atoms with van der Waals surface area (Å²) < 4.78 is 5.63. The summed E-state index contributed by atoms with van der Waals surface area (Å²) in [6, 6.07) is 21.0. The molecule has 1 nitrogen and oxygen atoms in total. The van der Waals surface area contributed by atoms with Crippen molar-refractivity contribution in [2.24, 2.45) is 0 Å². The van der Waals surface area contributed by atoms with Crippen LogP contribution >= 0.6 is 9.47 Å². The van der Waals surface area contributed by atoms with Crippen molar-refractivity contribution >= 4 is 9.47 Å². The molecule has 0 N–H and O–H groups in total. The summed E-state index contributed by atoms with van der Waals surface area (Å²) in [4.78, 5) is 0. The second kappa shape index (κ2) is 5.65. The molecule has 0 aromatic heterocycles. The fourth-order valence-corrected chi connectivity index (χ4v) is 2.49. The van der Waals surface area contributed by atoms with Gasteiger partial charge >= 0.3 is 0 Å². The van der Waals surface area contributed by atoms with E-state index in [2.05, 4.69) is 71.8 Å². The smallest absolute Gasteiger partial charge is 0.0770 e. The van der Waals surface area contributed by atoms with Crippen molar-refractivity contribution in [2.75, 3.05) is 0 Å². The van der Waals surface area contributed by atoms with Crippen LogP contribution in [0.4, 0.5) is 0 Å². The van der Waals surface area contributed by atoms with Gasteiger partial charge in [-0.1, -0.05) is 60.7 Å². The van der Waals surface area contributed by atoms with Crippen LogP contribution in [0.1, 0.15) is 30.9 Å². The molecule has 0 heterocycles. The first-order valence-electron chi connectivity index (χ1n) is 6.13. The molecule has 0 aliphatic carbocycles. The number of rotatable bonds is 4. The lowest BCUT2D eigenvalue weighted by Crippen LogP contribution is -2.30. The van der Waals surface area contributed by atoms with Gasteiger partial charge in [0.2, 0.25) is 0 Å². The van der Waals surface area contributed by atoms with Crippen molar-refractivity contribution in [1.82, 2.24) is 0 Å². The Morgan fingerprint density at radius 3 is 1.56 bits per heavy atom. The third kappa shape index (κ3) is 2.80. The highest BCUT2D eigenvalue weighted by atomic mass is 31.0. The molecular formula is C16H19OP. The summed E-state index contributed by atoms with van der Waals surface area (Å²) in [5, 5.41) is 0. The molecule has 0 bridgehead atoms. The average Bonchev–Trinajstić information content (AvgIpc) is 2.41. The molecular weight excluding hydrogens is 239 g/mol. The second-order valence-corrected chi connectivity index (χ2v) is 5.21. The Bertz CT molecular complexity index is 439. The fourth-order valence-electron chi connectivity index (χ4n) is 2.35. The highest BCUT2D eigenvalue weighted by Crippen LogP contribution is 2.38. The first-order chi connectivity index (χ1) is 8.65. The molecule has 2 rings (SSSR count). The minimum atomic E-state index is -0.270. The molecule has 0 saturated heterocycles. The summed E-state index contributed by atoms with van der Waals surface area (Å²) in [6.07, 6.45) is 0. The van der Waals surface area contributed by atoms with Gasteiger partial charge < -0.3 is 4.52 Å². The van der Waals surface area contributed by atoms with E-state index in [9.17, 15) is 0 Å². The Kier molecular flexibility index (Phi) is 4.16. The zero-order valence-electron chi connectivity index (χ0n) is 10.8. The van der Waals surface area contributed by atoms with Crippen molar-refractivity contribution in [2.45, 2.75) is 25.4 Å². The molecule has 0 aliphatic heterocycles. The zero-order valence-corrected chi connectivity index (χ0v) is 12.0. The maximum atomic E-state index is 5.63. The molecule has 94 valence electrons. The second-order valence-electron chi connectivity index (χ2n) is 4.98. The number of benzene rings is 2. The van der Waals surface area contributed by atoms with E-state index in [1.807, 2.05) is 12.1 Å². The minimum absolute atomic E-state index is 0.220. The first-order valence-corrected chi connectivity index (χ1v) is 6.60. The predicted molar refractivity (Wildman–Crippen MR) is 79.6 cm³/mol. The normalized spacial score (nSPS) is 11.8. The van der Waals surface area contributed by atoms with Crippen molar-refractivity contribution in [1.29, 1.82) is 0 Å². The van der Waals surface area contributed by atoms with Gasteiger partial charge in [-0.2, -0.15) is 0 Å². The van der Waals surface area contributed by atoms with Gasteiger partial charge in [0.1, 0.15) is 0 Å². The summed E-state index contributed by atoms with van der Waals surface area (Å²) >= 11 is 0. The van der Waals surface area contributed by atoms with E-state index in [4.69, 9.17) is 4.52 Å². The lowest BCUT2D eigenvalue weighted by molar-refractivity contribution is 0.118. The van der Waals surface area contributed by atoms with Crippen molar-refractivity contribution < 1.29 is 4.52 Å². The average molecular weight is 258 g/mol. The molecule has 0 radical (unpaired) electrons. The monoisotopic (exact) mass is 258 g/mol. The molecule has 0 saturated carbocycles. The summed E-state index contributed by atoms with van der Waals surface area (Å²) in [6.45, 7) is 4.23. The molecule has 0 amide bonds. The van der Waals surface area contributed by atoms with Crippen molar-refractivity contribution in [3.05, 3.63) is 71.8 Å². The Balaban J connectivity index is 2.49. The first kappa shape index (κ1) is 13.3. The van der Waals surface area contributed by atoms with Gasteiger partial charge in [-0.05, 0) is 25.0 Å². The predicted octanol–water partition coefficient (Wildman–Crippen LogP) is 4.40. The molecule has 2 aromatic rings. The van der Waals surface area contributed by atoms with E-state index in [0.29, 0.717) is 0 Å². The largest absolute Gasteiger partial charge is 0.359 e. The van der Waals surface area contributed by atoms with Crippen LogP contribution in [0.25, 0.3) is 0 Å². The SMILES string of the molecule is CC(C)(OP)C(c1ccccc1)c1ccccc1. The topological polar surface area (TPSA) is 9.23 Å². The van der Waals surface area contributed by atoms with Crippen LogP contribution in [0, 0.1) is 0 Å². The molecule has 1 unspecified atom stereocenters. The highest BCUT2D eigenvalue weighted by molar-refractivity contribution is 7.09. The van der Waals surface area contributed by atoms with Crippen LogP contribution in [-0.4, -0.2) is 5.60 Å². The maximum Gasteiger partial charge on any atom is 0.0770 e. The van der Waals surface area contributed by atoms with Gasteiger partial charge in [-0.15, -0.1) is 0 Å². The lowest BCUT2D eigenvalue weighted by Gasteiger charge is -2.33. The van der Waals surface area contributed by atoms with Crippen molar-refractivity contribution in [3.63, 3.8) is 0 Å². The number of hydrogen-bond donors (Lipinski definition) is 0. The van der Waals surface area contributed by atoms with Gasteiger partial charge in [0, 0.05) is 15.4 Å². The van der Waals surface area contributed by atoms with Gasteiger partial charge in [-0.25, -0.2) is 0 Å². The summed E-state index contributed by atoms with van der Waals surface area (Å²) in [5.41, 5.74) is 2.28. The van der Waals surface area contributed by atoms with Gasteiger partial charge in [-0.3, -0.25) is 0 Å². The van der Waals surface area contributed by atoms with Crippen molar-refractivity contribution in [3.8, 4) is 0 Å². The fraction of sp³-hybridized carbons (Fsp3) is 0.250.